The first kappa shape index (κ1) is 15.3. The average Bonchev–Trinajstić information content (AvgIpc) is 2.38. The smallest absolute Gasteiger partial charge is 0.137 e. The first-order chi connectivity index (χ1) is 8.69. The number of hydrogen-bond donors (Lipinski definition) is 1. The topological polar surface area (TPSA) is 29.5 Å². The highest BCUT2D eigenvalue weighted by Gasteiger charge is 2.09. The van der Waals surface area contributed by atoms with Crippen LogP contribution in [0.2, 0.25) is 5.02 Å². The molecule has 0 aliphatic heterocycles. The molecule has 1 unspecified atom stereocenters. The Morgan fingerprint density at radius 3 is 2.56 bits per heavy atom. The van der Waals surface area contributed by atoms with E-state index in [0.717, 1.165) is 18.4 Å². The third-order valence-corrected chi connectivity index (χ3v) is 3.44. The van der Waals surface area contributed by atoms with Crippen molar-refractivity contribution in [3.05, 3.63) is 28.8 Å². The molecule has 1 atom stereocenters. The van der Waals surface area contributed by atoms with Crippen LogP contribution in [0.1, 0.15) is 57.1 Å². The number of aliphatic hydroxyl groups is 1. The Kier molecular flexibility index (Phi) is 7.14. The van der Waals surface area contributed by atoms with Crippen LogP contribution in [0.5, 0.6) is 5.75 Å². The minimum Gasteiger partial charge on any atom is -0.495 e. The highest BCUT2D eigenvalue weighted by Crippen LogP contribution is 2.29. The maximum atomic E-state index is 10.1. The number of methoxy groups -OCH3 is 1. The molecule has 0 aliphatic carbocycles. The second kappa shape index (κ2) is 8.39. The summed E-state index contributed by atoms with van der Waals surface area (Å²) in [5.74, 6) is 0.649. The van der Waals surface area contributed by atoms with Crippen molar-refractivity contribution in [1.82, 2.24) is 0 Å². The van der Waals surface area contributed by atoms with Crippen molar-refractivity contribution in [2.45, 2.75) is 51.6 Å². The lowest BCUT2D eigenvalue weighted by molar-refractivity contribution is 0.163. The quantitative estimate of drug-likeness (QED) is 0.691. The fourth-order valence-corrected chi connectivity index (χ4v) is 2.26. The summed E-state index contributed by atoms with van der Waals surface area (Å²) in [6.07, 6.45) is 6.41. The normalized spacial score (nSPS) is 12.4. The molecule has 0 amide bonds. The SMILES string of the molecule is CCCCCCCC(O)c1ccc(OC)c(Cl)c1. The number of aliphatic hydroxyl groups excluding tert-OH is 1. The molecule has 0 aliphatic rings. The van der Waals surface area contributed by atoms with Gasteiger partial charge in [-0.25, -0.2) is 0 Å². The molecule has 1 aromatic rings. The molecule has 0 bridgehead atoms. The zero-order chi connectivity index (χ0) is 13.4. The Morgan fingerprint density at radius 2 is 1.94 bits per heavy atom. The minimum absolute atomic E-state index is 0.421. The molecular formula is C15H23ClO2. The zero-order valence-electron chi connectivity index (χ0n) is 11.3. The van der Waals surface area contributed by atoms with E-state index in [2.05, 4.69) is 6.92 Å². The van der Waals surface area contributed by atoms with E-state index in [0.29, 0.717) is 10.8 Å². The summed E-state index contributed by atoms with van der Waals surface area (Å²) in [7, 11) is 1.59. The van der Waals surface area contributed by atoms with E-state index in [4.69, 9.17) is 16.3 Å². The van der Waals surface area contributed by atoms with E-state index in [1.807, 2.05) is 6.07 Å². The summed E-state index contributed by atoms with van der Waals surface area (Å²) < 4.78 is 5.09. The summed E-state index contributed by atoms with van der Waals surface area (Å²) in [6, 6.07) is 5.47. The Balaban J connectivity index is 2.41. The van der Waals surface area contributed by atoms with E-state index in [1.165, 1.54) is 25.7 Å². The van der Waals surface area contributed by atoms with Gasteiger partial charge >= 0.3 is 0 Å². The number of ether oxygens (including phenoxy) is 1. The van der Waals surface area contributed by atoms with Gasteiger partial charge in [-0.2, -0.15) is 0 Å². The molecule has 0 saturated carbocycles. The number of benzene rings is 1. The number of halogens is 1. The van der Waals surface area contributed by atoms with Gasteiger partial charge in [-0.1, -0.05) is 56.7 Å². The van der Waals surface area contributed by atoms with Gasteiger partial charge in [0.05, 0.1) is 18.2 Å². The van der Waals surface area contributed by atoms with Crippen LogP contribution < -0.4 is 4.74 Å². The predicted octanol–water partition coefficient (Wildman–Crippen LogP) is 4.74. The van der Waals surface area contributed by atoms with Crippen molar-refractivity contribution in [3.63, 3.8) is 0 Å². The van der Waals surface area contributed by atoms with Gasteiger partial charge < -0.3 is 9.84 Å². The van der Waals surface area contributed by atoms with Crippen LogP contribution in [0.15, 0.2) is 18.2 Å². The second-order valence-electron chi connectivity index (χ2n) is 4.61. The molecular weight excluding hydrogens is 248 g/mol. The summed E-state index contributed by atoms with van der Waals surface area (Å²) in [5, 5.41) is 10.6. The minimum atomic E-state index is -0.421. The van der Waals surface area contributed by atoms with E-state index in [1.54, 1.807) is 19.2 Å². The van der Waals surface area contributed by atoms with Crippen molar-refractivity contribution in [2.24, 2.45) is 0 Å². The Bertz CT molecular complexity index is 352. The van der Waals surface area contributed by atoms with Crippen LogP contribution >= 0.6 is 11.6 Å². The molecule has 102 valence electrons. The summed E-state index contributed by atoms with van der Waals surface area (Å²) in [4.78, 5) is 0. The monoisotopic (exact) mass is 270 g/mol. The highest BCUT2D eigenvalue weighted by atomic mass is 35.5. The van der Waals surface area contributed by atoms with Crippen LogP contribution in [0, 0.1) is 0 Å². The van der Waals surface area contributed by atoms with Crippen molar-refractivity contribution >= 4 is 11.6 Å². The molecule has 0 aromatic heterocycles. The van der Waals surface area contributed by atoms with Crippen molar-refractivity contribution in [1.29, 1.82) is 0 Å². The average molecular weight is 271 g/mol. The van der Waals surface area contributed by atoms with Crippen molar-refractivity contribution < 1.29 is 9.84 Å². The third-order valence-electron chi connectivity index (χ3n) is 3.14. The zero-order valence-corrected chi connectivity index (χ0v) is 12.0. The van der Waals surface area contributed by atoms with E-state index >= 15 is 0 Å². The van der Waals surface area contributed by atoms with Gasteiger partial charge in [0.1, 0.15) is 5.75 Å². The molecule has 1 N–H and O–H groups in total. The molecule has 2 nitrogen and oxygen atoms in total. The van der Waals surface area contributed by atoms with Gasteiger partial charge in [-0.15, -0.1) is 0 Å². The molecule has 0 heterocycles. The second-order valence-corrected chi connectivity index (χ2v) is 5.02. The fraction of sp³-hybridized carbons (Fsp3) is 0.600. The van der Waals surface area contributed by atoms with Crippen LogP contribution in [0.4, 0.5) is 0 Å². The first-order valence-electron chi connectivity index (χ1n) is 6.70. The highest BCUT2D eigenvalue weighted by molar-refractivity contribution is 6.32. The fourth-order valence-electron chi connectivity index (χ4n) is 2.00. The summed E-state index contributed by atoms with van der Waals surface area (Å²) in [6.45, 7) is 2.20. The third kappa shape index (κ3) is 4.87. The van der Waals surface area contributed by atoms with Crippen LogP contribution in [-0.4, -0.2) is 12.2 Å². The van der Waals surface area contributed by atoms with Crippen LogP contribution in [-0.2, 0) is 0 Å². The molecule has 1 rings (SSSR count). The van der Waals surface area contributed by atoms with Crippen LogP contribution in [0.3, 0.4) is 0 Å². The number of unbranched alkanes of at least 4 members (excludes halogenated alkanes) is 4. The van der Waals surface area contributed by atoms with E-state index in [-0.39, 0.29) is 0 Å². The van der Waals surface area contributed by atoms with E-state index < -0.39 is 6.10 Å². The standard InChI is InChI=1S/C15H23ClO2/c1-3-4-5-6-7-8-14(17)12-9-10-15(18-2)13(16)11-12/h9-11,14,17H,3-8H2,1-2H3. The Hall–Kier alpha value is -0.730. The van der Waals surface area contributed by atoms with Gasteiger partial charge in [-0.05, 0) is 24.1 Å². The Labute approximate surface area is 115 Å². The summed E-state index contributed by atoms with van der Waals surface area (Å²) in [5.41, 5.74) is 0.872. The van der Waals surface area contributed by atoms with Crippen LogP contribution in [0.25, 0.3) is 0 Å². The molecule has 0 radical (unpaired) electrons. The first-order valence-corrected chi connectivity index (χ1v) is 7.08. The van der Waals surface area contributed by atoms with Gasteiger partial charge in [0, 0.05) is 0 Å². The maximum absolute atomic E-state index is 10.1. The lowest BCUT2D eigenvalue weighted by atomic mass is 10.0. The van der Waals surface area contributed by atoms with E-state index in [9.17, 15) is 5.11 Å². The van der Waals surface area contributed by atoms with Crippen molar-refractivity contribution in [2.75, 3.05) is 7.11 Å². The largest absolute Gasteiger partial charge is 0.495 e. The molecule has 1 aromatic carbocycles. The van der Waals surface area contributed by atoms with Gasteiger partial charge in [0.15, 0.2) is 0 Å². The molecule has 3 heteroatoms. The lowest BCUT2D eigenvalue weighted by Gasteiger charge is -2.12. The molecule has 18 heavy (non-hydrogen) atoms. The van der Waals surface area contributed by atoms with Gasteiger partial charge in [0.25, 0.3) is 0 Å². The summed E-state index contributed by atoms with van der Waals surface area (Å²) >= 11 is 6.04. The Morgan fingerprint density at radius 1 is 1.22 bits per heavy atom. The van der Waals surface area contributed by atoms with Crippen molar-refractivity contribution in [3.8, 4) is 5.75 Å². The molecule has 0 saturated heterocycles. The van der Waals surface area contributed by atoms with Gasteiger partial charge in [0.2, 0.25) is 0 Å². The van der Waals surface area contributed by atoms with Gasteiger partial charge in [-0.3, -0.25) is 0 Å². The maximum Gasteiger partial charge on any atom is 0.137 e. The molecule has 0 spiro atoms. The lowest BCUT2D eigenvalue weighted by Crippen LogP contribution is -1.98. The predicted molar refractivity (Wildman–Crippen MR) is 76.3 cm³/mol. The number of hydrogen-bond acceptors (Lipinski definition) is 2. The molecule has 0 fully saturated rings. The number of rotatable bonds is 8.